The topological polar surface area (TPSA) is 104 Å². The number of rotatable bonds is 2. The van der Waals surface area contributed by atoms with Gasteiger partial charge in [0.15, 0.2) is 0 Å². The van der Waals surface area contributed by atoms with Crippen LogP contribution in [-0.4, -0.2) is 41.2 Å². The van der Waals surface area contributed by atoms with Crippen LogP contribution in [0.1, 0.15) is 0 Å². The van der Waals surface area contributed by atoms with Crippen LogP contribution in [0.4, 0.5) is 19.2 Å². The molecule has 2 heterocycles. The zero-order valence-corrected chi connectivity index (χ0v) is 9.40. The Morgan fingerprint density at radius 2 is 2.05 bits per heavy atom. The van der Waals surface area contributed by atoms with Crippen molar-refractivity contribution in [2.45, 2.75) is 6.18 Å². The van der Waals surface area contributed by atoms with E-state index in [1.807, 2.05) is 0 Å². The zero-order chi connectivity index (χ0) is 14.5. The first-order valence-electron chi connectivity index (χ1n) is 5.02. The molecule has 1 saturated heterocycles. The summed E-state index contributed by atoms with van der Waals surface area (Å²) in [5.41, 5.74) is 0. The van der Waals surface area contributed by atoms with Gasteiger partial charge in [0.1, 0.15) is 6.26 Å². The average molecular weight is 281 g/mol. The minimum atomic E-state index is -5.08. The number of nitrogens with zero attached hydrogens (tertiary/aromatic N) is 1. The summed E-state index contributed by atoms with van der Waals surface area (Å²) < 4.78 is 36.6. The van der Waals surface area contributed by atoms with Crippen molar-refractivity contribution in [3.05, 3.63) is 12.5 Å². The van der Waals surface area contributed by atoms with Gasteiger partial charge in [-0.05, 0) is 0 Å². The average Bonchev–Trinajstić information content (AvgIpc) is 2.66. The summed E-state index contributed by atoms with van der Waals surface area (Å²) in [6, 6.07) is 0.270. The van der Waals surface area contributed by atoms with Gasteiger partial charge in [-0.25, -0.2) is 9.78 Å². The first-order chi connectivity index (χ1) is 8.80. The number of carboxylic acids is 1. The van der Waals surface area contributed by atoms with Gasteiger partial charge in [0.25, 0.3) is 0 Å². The van der Waals surface area contributed by atoms with Crippen LogP contribution >= 0.6 is 0 Å². The molecule has 1 aliphatic heterocycles. The van der Waals surface area contributed by atoms with Gasteiger partial charge in [-0.3, -0.25) is 10.1 Å². The fraction of sp³-hybridized carbons (Fsp3) is 0.444. The molecule has 1 aromatic heterocycles. The number of carbonyl (C=O) groups is 2. The monoisotopic (exact) mass is 281 g/mol. The lowest BCUT2D eigenvalue weighted by Crippen LogP contribution is -2.48. The molecule has 0 aromatic carbocycles. The summed E-state index contributed by atoms with van der Waals surface area (Å²) in [6.07, 6.45) is -2.16. The summed E-state index contributed by atoms with van der Waals surface area (Å²) in [5, 5.41) is 12.7. The largest absolute Gasteiger partial charge is 0.490 e. The Hall–Kier alpha value is -2.10. The van der Waals surface area contributed by atoms with Gasteiger partial charge >= 0.3 is 18.2 Å². The molecule has 0 spiro atoms. The molecule has 1 amide bonds. The number of amides is 1. The number of hydrogen-bond acceptors (Lipinski definition) is 5. The lowest BCUT2D eigenvalue weighted by Gasteiger charge is -2.24. The fourth-order valence-corrected chi connectivity index (χ4v) is 0.967. The molecule has 1 aliphatic rings. The Kier molecular flexibility index (Phi) is 4.87. The summed E-state index contributed by atoms with van der Waals surface area (Å²) in [7, 11) is 0. The first-order valence-corrected chi connectivity index (χ1v) is 5.02. The zero-order valence-electron chi connectivity index (χ0n) is 9.40. The van der Waals surface area contributed by atoms with Crippen LogP contribution in [0.2, 0.25) is 0 Å². The van der Waals surface area contributed by atoms with Gasteiger partial charge in [-0.15, -0.1) is 0 Å². The highest BCUT2D eigenvalue weighted by Gasteiger charge is 2.38. The van der Waals surface area contributed by atoms with Gasteiger partial charge in [-0.1, -0.05) is 0 Å². The van der Waals surface area contributed by atoms with E-state index >= 15 is 0 Å². The van der Waals surface area contributed by atoms with Crippen LogP contribution in [-0.2, 0) is 9.59 Å². The van der Waals surface area contributed by atoms with Crippen LogP contribution in [0, 0.1) is 5.92 Å². The molecule has 0 unspecified atom stereocenters. The van der Waals surface area contributed by atoms with Gasteiger partial charge in [0.2, 0.25) is 5.91 Å². The number of anilines is 1. The molecule has 0 saturated carbocycles. The van der Waals surface area contributed by atoms with E-state index in [1.54, 1.807) is 0 Å². The van der Waals surface area contributed by atoms with Gasteiger partial charge in [0, 0.05) is 13.1 Å². The minimum Gasteiger partial charge on any atom is -0.475 e. The molecule has 7 nitrogen and oxygen atoms in total. The number of carbonyl (C=O) groups excluding carboxylic acids is 1. The molecule has 1 fully saturated rings. The highest BCUT2D eigenvalue weighted by Crippen LogP contribution is 2.13. The van der Waals surface area contributed by atoms with E-state index in [9.17, 15) is 18.0 Å². The molecular formula is C9H10F3N3O4. The van der Waals surface area contributed by atoms with Crippen molar-refractivity contribution in [1.82, 2.24) is 10.3 Å². The fourth-order valence-electron chi connectivity index (χ4n) is 0.967. The van der Waals surface area contributed by atoms with Crippen LogP contribution < -0.4 is 10.6 Å². The number of hydrogen-bond donors (Lipinski definition) is 3. The summed E-state index contributed by atoms with van der Waals surface area (Å²) in [4.78, 5) is 23.9. The van der Waals surface area contributed by atoms with E-state index in [0.717, 1.165) is 13.1 Å². The third-order valence-electron chi connectivity index (χ3n) is 2.06. The van der Waals surface area contributed by atoms with Crippen LogP contribution in [0.15, 0.2) is 16.9 Å². The number of alkyl halides is 3. The Labute approximate surface area is 104 Å². The van der Waals surface area contributed by atoms with Gasteiger partial charge < -0.3 is 14.8 Å². The highest BCUT2D eigenvalue weighted by molar-refractivity contribution is 5.91. The number of aromatic nitrogens is 1. The predicted molar refractivity (Wildman–Crippen MR) is 55.2 cm³/mol. The lowest BCUT2D eigenvalue weighted by molar-refractivity contribution is -0.192. The molecule has 106 valence electrons. The van der Waals surface area contributed by atoms with Gasteiger partial charge in [0.05, 0.1) is 12.1 Å². The van der Waals surface area contributed by atoms with E-state index in [4.69, 9.17) is 14.3 Å². The van der Waals surface area contributed by atoms with E-state index in [1.165, 1.54) is 12.5 Å². The maximum atomic E-state index is 11.2. The highest BCUT2D eigenvalue weighted by atomic mass is 19.4. The number of aliphatic carboxylic acids is 1. The third-order valence-corrected chi connectivity index (χ3v) is 2.06. The van der Waals surface area contributed by atoms with Gasteiger partial charge in [-0.2, -0.15) is 13.2 Å². The molecular weight excluding hydrogens is 271 g/mol. The second kappa shape index (κ2) is 6.18. The predicted octanol–water partition coefficient (Wildman–Crippen LogP) is 0.466. The standard InChI is InChI=1S/C7H9N3O2.C2HF3O2/c11-6(5-3-8-4-5)10-7-9-1-2-12-7;3-2(4,5)1(6)7/h1-2,5,8H,3-4H2,(H,9,10,11);(H,6,7). The molecule has 0 bridgehead atoms. The second-order valence-electron chi connectivity index (χ2n) is 3.48. The minimum absolute atomic E-state index is 0.0313. The molecule has 10 heteroatoms. The molecule has 0 radical (unpaired) electrons. The summed E-state index contributed by atoms with van der Waals surface area (Å²) >= 11 is 0. The van der Waals surface area contributed by atoms with E-state index in [-0.39, 0.29) is 17.8 Å². The van der Waals surface area contributed by atoms with Crippen molar-refractivity contribution in [2.24, 2.45) is 5.92 Å². The first kappa shape index (κ1) is 15.0. The summed E-state index contributed by atoms with van der Waals surface area (Å²) in [5.74, 6) is -2.72. The van der Waals surface area contributed by atoms with Crippen molar-refractivity contribution < 1.29 is 32.3 Å². The Morgan fingerprint density at radius 3 is 2.37 bits per heavy atom. The quantitative estimate of drug-likeness (QED) is 0.727. The molecule has 2 rings (SSSR count). The van der Waals surface area contributed by atoms with E-state index in [2.05, 4.69) is 15.6 Å². The third kappa shape index (κ3) is 4.95. The Bertz CT molecular complexity index is 428. The molecule has 0 atom stereocenters. The van der Waals surface area contributed by atoms with Crippen molar-refractivity contribution in [3.8, 4) is 0 Å². The van der Waals surface area contributed by atoms with Crippen molar-refractivity contribution >= 4 is 17.9 Å². The maximum absolute atomic E-state index is 11.2. The molecule has 0 aliphatic carbocycles. The lowest BCUT2D eigenvalue weighted by atomic mass is 10.0. The van der Waals surface area contributed by atoms with E-state index < -0.39 is 12.1 Å². The number of halogens is 3. The normalized spacial score (nSPS) is 14.9. The smallest absolute Gasteiger partial charge is 0.475 e. The van der Waals surface area contributed by atoms with Crippen molar-refractivity contribution in [1.29, 1.82) is 0 Å². The summed E-state index contributed by atoms with van der Waals surface area (Å²) in [6.45, 7) is 1.49. The number of nitrogens with one attached hydrogen (secondary N) is 2. The SMILES string of the molecule is O=C(Nc1ncco1)C1CNC1.O=C(O)C(F)(F)F. The van der Waals surface area contributed by atoms with Crippen LogP contribution in [0.3, 0.4) is 0 Å². The Balaban J connectivity index is 0.000000224. The Morgan fingerprint density at radius 1 is 1.47 bits per heavy atom. The van der Waals surface area contributed by atoms with Crippen molar-refractivity contribution in [2.75, 3.05) is 18.4 Å². The van der Waals surface area contributed by atoms with Crippen LogP contribution in [0.5, 0.6) is 0 Å². The van der Waals surface area contributed by atoms with E-state index in [0.29, 0.717) is 0 Å². The van der Waals surface area contributed by atoms with Crippen molar-refractivity contribution in [3.63, 3.8) is 0 Å². The molecule has 1 aromatic rings. The molecule has 3 N–H and O–H groups in total. The second-order valence-corrected chi connectivity index (χ2v) is 3.48. The number of oxazole rings is 1. The molecule has 19 heavy (non-hydrogen) atoms. The number of carboxylic acid groups (broad SMARTS) is 1. The maximum Gasteiger partial charge on any atom is 0.490 e. The van der Waals surface area contributed by atoms with Crippen LogP contribution in [0.25, 0.3) is 0 Å².